The molecule has 3 heterocycles. The summed E-state index contributed by atoms with van der Waals surface area (Å²) in [5, 5.41) is 4.25. The van der Waals surface area contributed by atoms with Gasteiger partial charge in [0.25, 0.3) is 5.56 Å². The van der Waals surface area contributed by atoms with Gasteiger partial charge in [-0.05, 0) is 50.5 Å². The van der Waals surface area contributed by atoms with Gasteiger partial charge in [0, 0.05) is 17.3 Å². The van der Waals surface area contributed by atoms with Gasteiger partial charge in [0.1, 0.15) is 4.83 Å². The number of benzene rings is 2. The zero-order chi connectivity index (χ0) is 25.3. The molecule has 0 radical (unpaired) electrons. The Balaban J connectivity index is 1.43. The first kappa shape index (κ1) is 24.7. The molecule has 1 aliphatic rings. The Morgan fingerprint density at radius 1 is 1.17 bits per heavy atom. The number of aromatic nitrogens is 2. The van der Waals surface area contributed by atoms with E-state index >= 15 is 0 Å². The second kappa shape index (κ2) is 10.2. The van der Waals surface area contributed by atoms with Gasteiger partial charge in [0.05, 0.1) is 29.0 Å². The molecule has 5 rings (SSSR count). The molecule has 36 heavy (non-hydrogen) atoms. The highest BCUT2D eigenvalue weighted by Gasteiger charge is 2.31. The number of hydrogen-bond acceptors (Lipinski definition) is 6. The number of thiophene rings is 1. The summed E-state index contributed by atoms with van der Waals surface area (Å²) in [5.74, 6) is 0.0866. The van der Waals surface area contributed by atoms with Crippen LogP contribution in [0.1, 0.15) is 36.8 Å². The number of hydrogen-bond donors (Lipinski definition) is 1. The lowest BCUT2D eigenvalue weighted by atomic mass is 9.94. The van der Waals surface area contributed by atoms with Crippen LogP contribution in [0.2, 0.25) is 0 Å². The van der Waals surface area contributed by atoms with E-state index in [0.29, 0.717) is 28.4 Å². The minimum atomic E-state index is -0.326. The first-order chi connectivity index (χ1) is 17.3. The van der Waals surface area contributed by atoms with Crippen molar-refractivity contribution in [2.75, 3.05) is 5.75 Å². The SMILES string of the molecule is CC(Cc1ccccc1)NC(=O)CSc1nc2sc3c(c2c(=O)n1-c1ccccc1)CC(C)(C)OC3. The van der Waals surface area contributed by atoms with Gasteiger partial charge in [-0.25, -0.2) is 4.98 Å². The van der Waals surface area contributed by atoms with Crippen molar-refractivity contribution < 1.29 is 9.53 Å². The van der Waals surface area contributed by atoms with E-state index in [2.05, 4.69) is 17.4 Å². The molecule has 2 aromatic carbocycles. The fourth-order valence-electron chi connectivity index (χ4n) is 4.54. The van der Waals surface area contributed by atoms with E-state index in [-0.39, 0.29) is 28.9 Å². The number of carbonyl (C=O) groups is 1. The van der Waals surface area contributed by atoms with Crippen LogP contribution < -0.4 is 10.9 Å². The first-order valence-electron chi connectivity index (χ1n) is 12.0. The molecule has 0 saturated heterocycles. The maximum absolute atomic E-state index is 13.9. The van der Waals surface area contributed by atoms with Crippen LogP contribution >= 0.6 is 23.1 Å². The minimum absolute atomic E-state index is 0.000342. The Hall–Kier alpha value is -2.94. The smallest absolute Gasteiger partial charge is 0.267 e. The van der Waals surface area contributed by atoms with Crippen LogP contribution in [-0.4, -0.2) is 32.9 Å². The van der Waals surface area contributed by atoms with E-state index in [1.54, 1.807) is 4.57 Å². The highest BCUT2D eigenvalue weighted by atomic mass is 32.2. The van der Waals surface area contributed by atoms with Crippen molar-refractivity contribution in [1.29, 1.82) is 0 Å². The summed E-state index contributed by atoms with van der Waals surface area (Å²) < 4.78 is 7.62. The van der Waals surface area contributed by atoms with Gasteiger partial charge in [0.15, 0.2) is 5.16 Å². The predicted molar refractivity (Wildman–Crippen MR) is 146 cm³/mol. The molecule has 0 spiro atoms. The van der Waals surface area contributed by atoms with E-state index in [1.807, 2.05) is 69.3 Å². The third-order valence-corrected chi connectivity index (χ3v) is 8.25. The molecule has 0 aliphatic carbocycles. The van der Waals surface area contributed by atoms with Gasteiger partial charge in [0.2, 0.25) is 5.91 Å². The second-order valence-electron chi connectivity index (χ2n) is 9.73. The maximum Gasteiger partial charge on any atom is 0.267 e. The van der Waals surface area contributed by atoms with Gasteiger partial charge in [-0.1, -0.05) is 60.3 Å². The third-order valence-electron chi connectivity index (χ3n) is 6.21. The molecule has 6 nitrogen and oxygen atoms in total. The van der Waals surface area contributed by atoms with Crippen molar-refractivity contribution in [3.8, 4) is 5.69 Å². The molecule has 1 unspecified atom stereocenters. The molecule has 0 bridgehead atoms. The Morgan fingerprint density at radius 2 is 1.86 bits per heavy atom. The molecule has 2 aromatic heterocycles. The van der Waals surface area contributed by atoms with Crippen molar-refractivity contribution in [2.45, 2.75) is 57.0 Å². The fourth-order valence-corrected chi connectivity index (χ4v) is 6.51. The molecular formula is C28H29N3O3S2. The fraction of sp³-hybridized carbons (Fsp3) is 0.321. The van der Waals surface area contributed by atoms with Crippen LogP contribution in [0.25, 0.3) is 15.9 Å². The van der Waals surface area contributed by atoms with E-state index in [1.165, 1.54) is 28.7 Å². The summed E-state index contributed by atoms with van der Waals surface area (Å²) in [7, 11) is 0. The van der Waals surface area contributed by atoms with Gasteiger partial charge >= 0.3 is 0 Å². The van der Waals surface area contributed by atoms with Crippen LogP contribution in [0.3, 0.4) is 0 Å². The van der Waals surface area contributed by atoms with E-state index < -0.39 is 0 Å². The largest absolute Gasteiger partial charge is 0.370 e. The zero-order valence-electron chi connectivity index (χ0n) is 20.6. The van der Waals surface area contributed by atoms with E-state index in [0.717, 1.165) is 22.5 Å². The highest BCUT2D eigenvalue weighted by molar-refractivity contribution is 7.99. The van der Waals surface area contributed by atoms with Gasteiger partial charge < -0.3 is 10.1 Å². The lowest BCUT2D eigenvalue weighted by molar-refractivity contribution is -0.119. The molecule has 8 heteroatoms. The highest BCUT2D eigenvalue weighted by Crippen LogP contribution is 2.37. The number of rotatable bonds is 7. The monoisotopic (exact) mass is 519 g/mol. The number of fused-ring (bicyclic) bond motifs is 3. The quantitative estimate of drug-likeness (QED) is 0.270. The topological polar surface area (TPSA) is 73.2 Å². The molecule has 4 aromatic rings. The van der Waals surface area contributed by atoms with Crippen molar-refractivity contribution in [2.24, 2.45) is 0 Å². The number of nitrogens with one attached hydrogen (secondary N) is 1. The average Bonchev–Trinajstić information content (AvgIpc) is 3.20. The molecule has 1 amide bonds. The van der Waals surface area contributed by atoms with E-state index in [4.69, 9.17) is 9.72 Å². The first-order valence-corrected chi connectivity index (χ1v) is 13.8. The van der Waals surface area contributed by atoms with Crippen LogP contribution in [0.5, 0.6) is 0 Å². The number of para-hydroxylation sites is 1. The predicted octanol–water partition coefficient (Wildman–Crippen LogP) is 5.14. The van der Waals surface area contributed by atoms with Gasteiger partial charge in [-0.15, -0.1) is 11.3 Å². The Bertz CT molecular complexity index is 1450. The number of amides is 1. The zero-order valence-corrected chi connectivity index (χ0v) is 22.2. The third kappa shape index (κ3) is 5.26. The Labute approximate surface area is 218 Å². The second-order valence-corrected chi connectivity index (χ2v) is 11.8. The van der Waals surface area contributed by atoms with Crippen molar-refractivity contribution in [3.05, 3.63) is 87.0 Å². The van der Waals surface area contributed by atoms with Crippen LogP contribution in [0, 0.1) is 0 Å². The standard InChI is InChI=1S/C28H29N3O3S2/c1-18(14-19-10-6-4-7-11-19)29-23(32)17-35-27-30-25-24(21-15-28(2,3)34-16-22(21)36-25)26(33)31(27)20-12-8-5-9-13-20/h4-13,18H,14-17H2,1-3H3,(H,29,32). The van der Waals surface area contributed by atoms with Crippen LogP contribution in [0.15, 0.2) is 70.6 Å². The van der Waals surface area contributed by atoms with Crippen molar-refractivity contribution >= 4 is 39.2 Å². The maximum atomic E-state index is 13.9. The summed E-state index contributed by atoms with van der Waals surface area (Å²) >= 11 is 2.80. The molecule has 186 valence electrons. The Kier molecular flexibility index (Phi) is 7.01. The lowest BCUT2D eigenvalue weighted by Crippen LogP contribution is -2.35. The molecular weight excluding hydrogens is 490 g/mol. The number of ether oxygens (including phenoxy) is 1. The summed E-state index contributed by atoms with van der Waals surface area (Å²) in [6.45, 7) is 6.58. The number of nitrogens with zero attached hydrogens (tertiary/aromatic N) is 2. The summed E-state index contributed by atoms with van der Waals surface area (Å²) in [4.78, 5) is 33.3. The summed E-state index contributed by atoms with van der Waals surface area (Å²) in [6.07, 6.45) is 1.43. The van der Waals surface area contributed by atoms with Crippen molar-refractivity contribution in [1.82, 2.24) is 14.9 Å². The molecule has 1 atom stereocenters. The van der Waals surface area contributed by atoms with Crippen LogP contribution in [0.4, 0.5) is 0 Å². The van der Waals surface area contributed by atoms with Crippen LogP contribution in [-0.2, 0) is 29.0 Å². The number of thioether (sulfide) groups is 1. The summed E-state index contributed by atoms with van der Waals surface area (Å²) in [5.41, 5.74) is 2.53. The molecule has 0 saturated carbocycles. The summed E-state index contributed by atoms with van der Waals surface area (Å²) in [6, 6.07) is 19.6. The van der Waals surface area contributed by atoms with E-state index in [9.17, 15) is 9.59 Å². The molecule has 0 fully saturated rings. The Morgan fingerprint density at radius 3 is 2.58 bits per heavy atom. The molecule has 1 aliphatic heterocycles. The van der Waals surface area contributed by atoms with Gasteiger partial charge in [-0.3, -0.25) is 14.2 Å². The van der Waals surface area contributed by atoms with Gasteiger partial charge in [-0.2, -0.15) is 0 Å². The number of carbonyl (C=O) groups excluding carboxylic acids is 1. The minimum Gasteiger partial charge on any atom is -0.370 e. The molecule has 1 N–H and O–H groups in total. The normalized spacial score (nSPS) is 15.4. The van der Waals surface area contributed by atoms with Crippen molar-refractivity contribution in [3.63, 3.8) is 0 Å². The average molecular weight is 520 g/mol. The lowest BCUT2D eigenvalue weighted by Gasteiger charge is -2.29.